The number of aliphatic hydroxyl groups excluding tert-OH is 1. The number of phenols is 1. The molecular formula is C18H24O3. The van der Waals surface area contributed by atoms with E-state index in [4.69, 9.17) is 0 Å². The molecule has 3 nitrogen and oxygen atoms in total. The van der Waals surface area contributed by atoms with Gasteiger partial charge < -0.3 is 15.3 Å². The SMILES string of the molecule is C[C@]12CC[C@@]3(O)c4ccc(O)cc4CC[C@@H]3[C@@H]1CC[C@@H]2O. The van der Waals surface area contributed by atoms with Crippen molar-refractivity contribution in [2.45, 2.75) is 57.2 Å². The van der Waals surface area contributed by atoms with Crippen LogP contribution in [0.1, 0.15) is 50.2 Å². The molecule has 3 heteroatoms. The summed E-state index contributed by atoms with van der Waals surface area (Å²) < 4.78 is 0. The largest absolute Gasteiger partial charge is 0.508 e. The van der Waals surface area contributed by atoms with E-state index < -0.39 is 5.60 Å². The number of aryl methyl sites for hydroxylation is 1. The van der Waals surface area contributed by atoms with Gasteiger partial charge in [0, 0.05) is 0 Å². The molecule has 3 aliphatic rings. The van der Waals surface area contributed by atoms with E-state index in [0.717, 1.165) is 49.7 Å². The van der Waals surface area contributed by atoms with Crippen LogP contribution >= 0.6 is 0 Å². The van der Waals surface area contributed by atoms with Crippen LogP contribution in [-0.4, -0.2) is 21.4 Å². The molecule has 0 aromatic heterocycles. The third-order valence-corrected chi connectivity index (χ3v) is 6.78. The highest BCUT2D eigenvalue weighted by Crippen LogP contribution is 2.62. The number of phenolic OH excluding ortho intramolecular Hbond substituents is 1. The number of aliphatic hydroxyl groups is 2. The van der Waals surface area contributed by atoms with E-state index in [-0.39, 0.29) is 23.2 Å². The Hall–Kier alpha value is -1.06. The number of rotatable bonds is 0. The van der Waals surface area contributed by atoms with Crippen molar-refractivity contribution in [1.82, 2.24) is 0 Å². The summed E-state index contributed by atoms with van der Waals surface area (Å²) >= 11 is 0. The minimum Gasteiger partial charge on any atom is -0.508 e. The highest BCUT2D eigenvalue weighted by atomic mass is 16.3. The Bertz CT molecular complexity index is 584. The van der Waals surface area contributed by atoms with Crippen LogP contribution in [0.3, 0.4) is 0 Å². The van der Waals surface area contributed by atoms with Crippen LogP contribution in [0.5, 0.6) is 5.75 Å². The first kappa shape index (κ1) is 13.6. The van der Waals surface area contributed by atoms with Crippen LogP contribution in [-0.2, 0) is 12.0 Å². The molecule has 0 unspecified atom stereocenters. The zero-order valence-electron chi connectivity index (χ0n) is 12.5. The lowest BCUT2D eigenvalue weighted by molar-refractivity contribution is -0.142. The van der Waals surface area contributed by atoms with Gasteiger partial charge in [0.2, 0.25) is 0 Å². The molecule has 0 bridgehead atoms. The van der Waals surface area contributed by atoms with Crippen LogP contribution in [0.25, 0.3) is 0 Å². The van der Waals surface area contributed by atoms with Crippen molar-refractivity contribution in [3.05, 3.63) is 29.3 Å². The number of aromatic hydroxyl groups is 1. The van der Waals surface area contributed by atoms with E-state index in [0.29, 0.717) is 5.92 Å². The van der Waals surface area contributed by atoms with Gasteiger partial charge in [0.1, 0.15) is 5.75 Å². The second-order valence-corrected chi connectivity index (χ2v) is 7.62. The molecule has 1 aromatic carbocycles. The van der Waals surface area contributed by atoms with Crippen LogP contribution < -0.4 is 0 Å². The molecule has 0 aliphatic heterocycles. The Morgan fingerprint density at radius 1 is 1.10 bits per heavy atom. The molecule has 0 radical (unpaired) electrons. The van der Waals surface area contributed by atoms with Crippen LogP contribution in [0.4, 0.5) is 0 Å². The Labute approximate surface area is 125 Å². The summed E-state index contributed by atoms with van der Waals surface area (Å²) in [5, 5.41) is 31.5. The quantitative estimate of drug-likeness (QED) is 0.688. The molecule has 2 fully saturated rings. The Balaban J connectivity index is 1.78. The van der Waals surface area contributed by atoms with Gasteiger partial charge in [0.05, 0.1) is 11.7 Å². The molecule has 0 heterocycles. The summed E-state index contributed by atoms with van der Waals surface area (Å²) in [5.41, 5.74) is 1.32. The van der Waals surface area contributed by atoms with Crippen molar-refractivity contribution in [3.63, 3.8) is 0 Å². The maximum atomic E-state index is 11.4. The van der Waals surface area contributed by atoms with E-state index in [1.807, 2.05) is 6.07 Å². The maximum Gasteiger partial charge on any atom is 0.115 e. The van der Waals surface area contributed by atoms with Gasteiger partial charge in [0.15, 0.2) is 0 Å². The Kier molecular flexibility index (Phi) is 2.74. The van der Waals surface area contributed by atoms with E-state index in [9.17, 15) is 15.3 Å². The molecule has 2 saturated carbocycles. The first-order valence-corrected chi connectivity index (χ1v) is 8.18. The van der Waals surface area contributed by atoms with Crippen molar-refractivity contribution in [2.24, 2.45) is 17.3 Å². The molecule has 0 spiro atoms. The summed E-state index contributed by atoms with van der Waals surface area (Å²) in [7, 11) is 0. The zero-order chi connectivity index (χ0) is 14.8. The topological polar surface area (TPSA) is 60.7 Å². The van der Waals surface area contributed by atoms with Gasteiger partial charge in [-0.3, -0.25) is 0 Å². The third kappa shape index (κ3) is 1.68. The molecule has 3 aliphatic carbocycles. The lowest BCUT2D eigenvalue weighted by Crippen LogP contribution is -2.52. The average Bonchev–Trinajstić information content (AvgIpc) is 2.75. The van der Waals surface area contributed by atoms with Crippen LogP contribution in [0.15, 0.2) is 18.2 Å². The molecule has 3 N–H and O–H groups in total. The van der Waals surface area contributed by atoms with Gasteiger partial charge in [0.25, 0.3) is 0 Å². The van der Waals surface area contributed by atoms with Gasteiger partial charge in [-0.05, 0) is 79.0 Å². The van der Waals surface area contributed by atoms with Gasteiger partial charge in [-0.25, -0.2) is 0 Å². The maximum absolute atomic E-state index is 11.4. The summed E-state index contributed by atoms with van der Waals surface area (Å²) in [6, 6.07) is 5.40. The van der Waals surface area contributed by atoms with Crippen LogP contribution in [0.2, 0.25) is 0 Å². The van der Waals surface area contributed by atoms with Gasteiger partial charge in [-0.2, -0.15) is 0 Å². The van der Waals surface area contributed by atoms with Gasteiger partial charge in [-0.15, -0.1) is 0 Å². The fraction of sp³-hybridized carbons (Fsp3) is 0.667. The molecule has 114 valence electrons. The van der Waals surface area contributed by atoms with Crippen molar-refractivity contribution in [2.75, 3.05) is 0 Å². The van der Waals surface area contributed by atoms with Gasteiger partial charge in [-0.1, -0.05) is 13.0 Å². The lowest BCUT2D eigenvalue weighted by atomic mass is 9.53. The zero-order valence-corrected chi connectivity index (χ0v) is 12.5. The van der Waals surface area contributed by atoms with Crippen LogP contribution in [0, 0.1) is 17.3 Å². The number of hydrogen-bond donors (Lipinski definition) is 3. The molecular weight excluding hydrogens is 264 g/mol. The molecule has 0 amide bonds. The fourth-order valence-electron chi connectivity index (χ4n) is 5.53. The Morgan fingerprint density at radius 3 is 2.71 bits per heavy atom. The van der Waals surface area contributed by atoms with E-state index in [1.54, 1.807) is 12.1 Å². The van der Waals surface area contributed by atoms with E-state index >= 15 is 0 Å². The minimum absolute atomic E-state index is 0.0225. The normalized spacial score (nSPS) is 44.8. The molecule has 4 rings (SSSR count). The van der Waals surface area contributed by atoms with Crippen molar-refractivity contribution in [1.29, 1.82) is 0 Å². The summed E-state index contributed by atoms with van der Waals surface area (Å²) in [4.78, 5) is 0. The molecule has 1 aromatic rings. The summed E-state index contributed by atoms with van der Waals surface area (Å²) in [6.07, 6.45) is 5.16. The lowest BCUT2D eigenvalue weighted by Gasteiger charge is -2.54. The highest BCUT2D eigenvalue weighted by Gasteiger charge is 2.59. The van der Waals surface area contributed by atoms with Crippen molar-refractivity contribution in [3.8, 4) is 5.75 Å². The van der Waals surface area contributed by atoms with Gasteiger partial charge >= 0.3 is 0 Å². The average molecular weight is 288 g/mol. The minimum atomic E-state index is -0.768. The second kappa shape index (κ2) is 4.23. The highest BCUT2D eigenvalue weighted by molar-refractivity contribution is 5.41. The standard InChI is InChI=1S/C18H24O3/c1-17-8-9-18(21)13-5-3-12(19)10-11(13)2-4-15(18)14(17)6-7-16(17)20/h3,5,10,14-16,19-21H,2,4,6-9H2,1H3/t14-,15+,16-,17-,18+/m0/s1. The summed E-state index contributed by atoms with van der Waals surface area (Å²) in [5.74, 6) is 0.936. The smallest absolute Gasteiger partial charge is 0.115 e. The van der Waals surface area contributed by atoms with E-state index in [2.05, 4.69) is 6.92 Å². The van der Waals surface area contributed by atoms with E-state index in [1.165, 1.54) is 0 Å². The number of fused-ring (bicyclic) bond motifs is 5. The summed E-state index contributed by atoms with van der Waals surface area (Å²) in [6.45, 7) is 2.21. The molecule has 0 saturated heterocycles. The number of hydrogen-bond acceptors (Lipinski definition) is 3. The first-order valence-electron chi connectivity index (χ1n) is 8.18. The monoisotopic (exact) mass is 288 g/mol. The predicted octanol–water partition coefficient (Wildman–Crippen LogP) is 2.71. The first-order chi connectivity index (χ1) is 9.95. The number of benzene rings is 1. The van der Waals surface area contributed by atoms with Crippen molar-refractivity contribution >= 4 is 0 Å². The Morgan fingerprint density at radius 2 is 1.90 bits per heavy atom. The van der Waals surface area contributed by atoms with Crippen molar-refractivity contribution < 1.29 is 15.3 Å². The molecule has 5 atom stereocenters. The third-order valence-electron chi connectivity index (χ3n) is 6.78. The fourth-order valence-corrected chi connectivity index (χ4v) is 5.53. The molecule has 21 heavy (non-hydrogen) atoms. The predicted molar refractivity (Wildman–Crippen MR) is 79.9 cm³/mol. The second-order valence-electron chi connectivity index (χ2n) is 7.62.